The maximum atomic E-state index is 11.8. The quantitative estimate of drug-likeness (QED) is 0.568. The smallest absolute Gasteiger partial charge is 0.253 e. The molecule has 53 valence electrons. The molecule has 1 atom stereocenters. The molecule has 1 nitrogen and oxygen atoms in total. The van der Waals surface area contributed by atoms with E-state index < -0.39 is 12.5 Å². The highest BCUT2D eigenvalue weighted by molar-refractivity contribution is 4.83. The van der Waals surface area contributed by atoms with Crippen LogP contribution in [0.5, 0.6) is 0 Å². The Hall–Kier alpha value is -0.180. The van der Waals surface area contributed by atoms with Crippen LogP contribution in [-0.2, 0) is 0 Å². The summed E-state index contributed by atoms with van der Waals surface area (Å²) in [6.07, 6.45) is 1.13. The van der Waals surface area contributed by atoms with Crippen LogP contribution in [0.3, 0.4) is 0 Å². The van der Waals surface area contributed by atoms with Crippen molar-refractivity contribution in [1.82, 2.24) is 5.32 Å². The third kappa shape index (κ3) is 1.90. The van der Waals surface area contributed by atoms with Crippen molar-refractivity contribution in [3.8, 4) is 0 Å². The topological polar surface area (TPSA) is 12.0 Å². The number of hydrogen-bond acceptors (Lipinski definition) is 1. The van der Waals surface area contributed by atoms with Crippen molar-refractivity contribution in [2.45, 2.75) is 25.3 Å². The largest absolute Gasteiger partial charge is 0.309 e. The lowest BCUT2D eigenvalue weighted by atomic mass is 10.1. The van der Waals surface area contributed by atoms with Gasteiger partial charge in [-0.1, -0.05) is 0 Å². The third-order valence-electron chi connectivity index (χ3n) is 1.48. The van der Waals surface area contributed by atoms with E-state index in [0.717, 1.165) is 6.42 Å². The summed E-state index contributed by atoms with van der Waals surface area (Å²) in [5.74, 6) is 0. The molecule has 0 amide bonds. The fraction of sp³-hybridized carbons (Fsp3) is 0.833. The molecule has 0 aromatic rings. The van der Waals surface area contributed by atoms with Gasteiger partial charge in [0.1, 0.15) is 0 Å². The molecular weight excluding hydrogens is 124 g/mol. The minimum Gasteiger partial charge on any atom is -0.309 e. The van der Waals surface area contributed by atoms with Crippen molar-refractivity contribution < 1.29 is 8.78 Å². The zero-order chi connectivity index (χ0) is 6.69. The van der Waals surface area contributed by atoms with Crippen LogP contribution >= 0.6 is 0 Å². The Balaban J connectivity index is 2.23. The third-order valence-corrected chi connectivity index (χ3v) is 1.48. The molecule has 1 saturated heterocycles. The van der Waals surface area contributed by atoms with Crippen molar-refractivity contribution in [3.63, 3.8) is 0 Å². The Morgan fingerprint density at radius 2 is 2.33 bits per heavy atom. The Morgan fingerprint density at radius 1 is 1.56 bits per heavy atom. The maximum absolute atomic E-state index is 11.8. The normalized spacial score (nSPS) is 29.0. The van der Waals surface area contributed by atoms with Crippen LogP contribution in [-0.4, -0.2) is 19.0 Å². The van der Waals surface area contributed by atoms with Gasteiger partial charge < -0.3 is 5.32 Å². The summed E-state index contributed by atoms with van der Waals surface area (Å²) in [7, 11) is 0. The molecule has 1 rings (SSSR count). The van der Waals surface area contributed by atoms with Gasteiger partial charge in [-0.3, -0.25) is 0 Å². The molecule has 3 heteroatoms. The predicted molar refractivity (Wildman–Crippen MR) is 31.3 cm³/mol. The number of halogens is 2. The molecule has 1 aliphatic rings. The van der Waals surface area contributed by atoms with Crippen molar-refractivity contribution >= 4 is 0 Å². The second-order valence-electron chi connectivity index (χ2n) is 2.21. The number of piperidine rings is 1. The Kier molecular flexibility index (Phi) is 2.39. The van der Waals surface area contributed by atoms with Gasteiger partial charge in [0.05, 0.1) is 6.04 Å². The molecule has 0 aliphatic carbocycles. The van der Waals surface area contributed by atoms with Gasteiger partial charge in [-0.25, -0.2) is 8.78 Å². The predicted octanol–water partition coefficient (Wildman–Crippen LogP) is 1.21. The second-order valence-corrected chi connectivity index (χ2v) is 2.21. The van der Waals surface area contributed by atoms with E-state index in [1.165, 1.54) is 0 Å². The van der Waals surface area contributed by atoms with Gasteiger partial charge in [-0.15, -0.1) is 0 Å². The summed E-state index contributed by atoms with van der Waals surface area (Å²) in [4.78, 5) is 0. The van der Waals surface area contributed by atoms with Gasteiger partial charge >= 0.3 is 0 Å². The molecular formula is C6H10F2N. The second kappa shape index (κ2) is 3.11. The van der Waals surface area contributed by atoms with Gasteiger partial charge in [0.25, 0.3) is 6.43 Å². The van der Waals surface area contributed by atoms with Gasteiger partial charge in [0, 0.05) is 0 Å². The highest BCUT2D eigenvalue weighted by atomic mass is 19.3. The van der Waals surface area contributed by atoms with Gasteiger partial charge in [-0.05, 0) is 25.8 Å². The zero-order valence-corrected chi connectivity index (χ0v) is 5.11. The molecule has 9 heavy (non-hydrogen) atoms. The summed E-state index contributed by atoms with van der Waals surface area (Å²) >= 11 is 0. The first-order valence-electron chi connectivity index (χ1n) is 3.14. The van der Waals surface area contributed by atoms with Crippen LogP contribution in [0, 0.1) is 6.42 Å². The first-order chi connectivity index (χ1) is 4.30. The van der Waals surface area contributed by atoms with Crippen LogP contribution in [0.2, 0.25) is 0 Å². The molecule has 1 unspecified atom stereocenters. The number of alkyl halides is 2. The van der Waals surface area contributed by atoms with Crippen LogP contribution in [0.25, 0.3) is 0 Å². The standard InChI is InChI=1S/C6H10F2N/c7-6(8)5-3-1-2-4-9-5/h1,5-6,9H,2-4H2. The molecule has 0 spiro atoms. The van der Waals surface area contributed by atoms with Crippen molar-refractivity contribution in [1.29, 1.82) is 0 Å². The Bertz CT molecular complexity index is 79.1. The van der Waals surface area contributed by atoms with Gasteiger partial charge in [0.15, 0.2) is 0 Å². The molecule has 0 bridgehead atoms. The van der Waals surface area contributed by atoms with Crippen molar-refractivity contribution in [3.05, 3.63) is 6.42 Å². The average molecular weight is 134 g/mol. The molecule has 1 radical (unpaired) electrons. The van der Waals surface area contributed by atoms with E-state index in [-0.39, 0.29) is 0 Å². The minimum absolute atomic E-state index is 0.512. The molecule has 1 fully saturated rings. The highest BCUT2D eigenvalue weighted by Gasteiger charge is 2.21. The fourth-order valence-electron chi connectivity index (χ4n) is 0.943. The molecule has 1 N–H and O–H groups in total. The molecule has 0 aromatic heterocycles. The molecule has 1 aliphatic heterocycles. The van der Waals surface area contributed by atoms with E-state index in [4.69, 9.17) is 0 Å². The Morgan fingerprint density at radius 3 is 2.67 bits per heavy atom. The summed E-state index contributed by atoms with van der Waals surface area (Å²) in [5, 5.41) is 2.74. The van der Waals surface area contributed by atoms with Crippen molar-refractivity contribution in [2.24, 2.45) is 0 Å². The lowest BCUT2D eigenvalue weighted by Gasteiger charge is -2.21. The number of nitrogens with one attached hydrogen (secondary N) is 1. The van der Waals surface area contributed by atoms with Crippen LogP contribution in [0.4, 0.5) is 8.78 Å². The molecule has 0 saturated carbocycles. The van der Waals surface area contributed by atoms with E-state index in [2.05, 4.69) is 5.32 Å². The molecule has 0 aromatic carbocycles. The average Bonchev–Trinajstić information content (AvgIpc) is 1.90. The lowest BCUT2D eigenvalue weighted by Crippen LogP contribution is -2.39. The highest BCUT2D eigenvalue weighted by Crippen LogP contribution is 2.12. The minimum atomic E-state index is -2.21. The maximum Gasteiger partial charge on any atom is 0.253 e. The van der Waals surface area contributed by atoms with Gasteiger partial charge in [0.2, 0.25) is 0 Å². The van der Waals surface area contributed by atoms with Crippen molar-refractivity contribution in [2.75, 3.05) is 6.54 Å². The Labute approximate surface area is 53.4 Å². The SMILES string of the molecule is FC(F)C1C[CH]CCN1. The lowest BCUT2D eigenvalue weighted by molar-refractivity contribution is 0.0927. The summed E-state index contributed by atoms with van der Waals surface area (Å²) in [6, 6.07) is -0.584. The zero-order valence-electron chi connectivity index (χ0n) is 5.11. The van der Waals surface area contributed by atoms with Crippen LogP contribution < -0.4 is 5.32 Å². The van der Waals surface area contributed by atoms with Crippen LogP contribution in [0.1, 0.15) is 12.8 Å². The summed E-state index contributed by atoms with van der Waals surface area (Å²) in [6.45, 7) is 0.703. The van der Waals surface area contributed by atoms with E-state index >= 15 is 0 Å². The summed E-state index contributed by atoms with van der Waals surface area (Å²) < 4.78 is 23.7. The monoisotopic (exact) mass is 134 g/mol. The van der Waals surface area contributed by atoms with E-state index in [9.17, 15) is 8.78 Å². The van der Waals surface area contributed by atoms with E-state index in [1.54, 1.807) is 0 Å². The summed E-state index contributed by atoms with van der Waals surface area (Å²) in [5.41, 5.74) is 0. The first kappa shape index (κ1) is 6.93. The van der Waals surface area contributed by atoms with Crippen LogP contribution in [0.15, 0.2) is 0 Å². The number of rotatable bonds is 1. The number of hydrogen-bond donors (Lipinski definition) is 1. The fourth-order valence-corrected chi connectivity index (χ4v) is 0.943. The molecule has 1 heterocycles. The van der Waals surface area contributed by atoms with E-state index in [0.29, 0.717) is 13.0 Å². The van der Waals surface area contributed by atoms with Gasteiger partial charge in [-0.2, -0.15) is 0 Å². The first-order valence-corrected chi connectivity index (χ1v) is 3.14. The van der Waals surface area contributed by atoms with E-state index in [1.807, 2.05) is 6.42 Å².